The van der Waals surface area contributed by atoms with Crippen LogP contribution in [0.3, 0.4) is 0 Å². The third-order valence-corrected chi connectivity index (χ3v) is 5.37. The maximum Gasteiger partial charge on any atom is 0.245 e. The van der Waals surface area contributed by atoms with Gasteiger partial charge in [-0.25, -0.2) is 8.42 Å². The molecular weight excluding hydrogens is 268 g/mol. The normalized spacial score (nSPS) is 24.5. The zero-order valence-corrected chi connectivity index (χ0v) is 12.1. The van der Waals surface area contributed by atoms with Crippen molar-refractivity contribution < 1.29 is 12.9 Å². The Morgan fingerprint density at radius 3 is 2.84 bits per heavy atom. The molecule has 2 rings (SSSR count). The average molecular weight is 288 g/mol. The largest absolute Gasteiger partial charge is 0.338 e. The first-order valence-corrected chi connectivity index (χ1v) is 8.07. The highest BCUT2D eigenvalue weighted by Crippen LogP contribution is 2.32. The number of hydrogen-bond donors (Lipinski definition) is 1. The van der Waals surface area contributed by atoms with E-state index in [4.69, 9.17) is 10.3 Å². The van der Waals surface area contributed by atoms with Crippen LogP contribution in [0.2, 0.25) is 0 Å². The van der Waals surface area contributed by atoms with Crippen LogP contribution in [0.15, 0.2) is 4.52 Å². The van der Waals surface area contributed by atoms with Gasteiger partial charge in [0.2, 0.25) is 5.89 Å². The number of rotatable bonds is 4. The smallest absolute Gasteiger partial charge is 0.245 e. The van der Waals surface area contributed by atoms with Gasteiger partial charge < -0.3 is 15.2 Å². The Hall–Kier alpha value is -0.990. The summed E-state index contributed by atoms with van der Waals surface area (Å²) in [5.74, 6) is 0.743. The lowest BCUT2D eigenvalue weighted by molar-refractivity contribution is 0.341. The first-order chi connectivity index (χ1) is 8.90. The molecule has 0 aromatic carbocycles. The number of nitrogens with two attached hydrogens (primary N) is 1. The number of aromatic nitrogens is 2. The third kappa shape index (κ3) is 3.31. The van der Waals surface area contributed by atoms with Crippen LogP contribution in [0.4, 0.5) is 0 Å². The standard InChI is InChI=1S/C11H20N4O3S/c1-15(2)7-8(12)10-13-11(18-14-10)9-5-3-4-6-19(9,16)17/h8-9H,3-7,12H2,1-2H3. The van der Waals surface area contributed by atoms with Crippen molar-refractivity contribution in [1.29, 1.82) is 0 Å². The SMILES string of the molecule is CN(C)CC(N)c1noc(C2CCCCS2(=O)=O)n1. The quantitative estimate of drug-likeness (QED) is 0.848. The van der Waals surface area contributed by atoms with Crippen molar-refractivity contribution >= 4 is 9.84 Å². The molecule has 0 amide bonds. The topological polar surface area (TPSA) is 102 Å². The second-order valence-corrected chi connectivity index (χ2v) is 7.51. The zero-order chi connectivity index (χ0) is 14.0. The molecule has 1 aromatic heterocycles. The maximum atomic E-state index is 12.0. The van der Waals surface area contributed by atoms with Gasteiger partial charge in [-0.15, -0.1) is 0 Å². The molecule has 19 heavy (non-hydrogen) atoms. The molecule has 0 saturated carbocycles. The molecule has 7 nitrogen and oxygen atoms in total. The molecule has 1 saturated heterocycles. The minimum atomic E-state index is -3.16. The van der Waals surface area contributed by atoms with E-state index in [1.54, 1.807) is 0 Å². The van der Waals surface area contributed by atoms with Crippen molar-refractivity contribution in [2.45, 2.75) is 30.6 Å². The van der Waals surface area contributed by atoms with E-state index < -0.39 is 15.1 Å². The van der Waals surface area contributed by atoms with Gasteiger partial charge in [-0.3, -0.25) is 0 Å². The number of likely N-dealkylation sites (N-methyl/N-ethyl adjacent to an activating group) is 1. The minimum absolute atomic E-state index is 0.184. The summed E-state index contributed by atoms with van der Waals surface area (Å²) in [4.78, 5) is 6.09. The molecule has 2 atom stereocenters. The Kier molecular flexibility index (Phi) is 4.22. The number of hydrogen-bond acceptors (Lipinski definition) is 7. The van der Waals surface area contributed by atoms with Crippen molar-refractivity contribution in [1.82, 2.24) is 15.0 Å². The molecular formula is C11H20N4O3S. The number of nitrogens with zero attached hydrogens (tertiary/aromatic N) is 3. The highest BCUT2D eigenvalue weighted by molar-refractivity contribution is 7.91. The Labute approximate surface area is 113 Å². The van der Waals surface area contributed by atoms with Crippen LogP contribution in [0, 0.1) is 0 Å². The third-order valence-electron chi connectivity index (χ3n) is 3.21. The first-order valence-electron chi connectivity index (χ1n) is 6.35. The van der Waals surface area contributed by atoms with Crippen LogP contribution in [0.5, 0.6) is 0 Å². The fraction of sp³-hybridized carbons (Fsp3) is 0.818. The molecule has 0 aliphatic carbocycles. The Balaban J connectivity index is 2.16. The molecule has 2 N–H and O–H groups in total. The van der Waals surface area contributed by atoms with Gasteiger partial charge >= 0.3 is 0 Å². The summed E-state index contributed by atoms with van der Waals surface area (Å²) in [6.07, 6.45) is 2.12. The van der Waals surface area contributed by atoms with E-state index in [1.807, 2.05) is 19.0 Å². The van der Waals surface area contributed by atoms with Crippen LogP contribution in [-0.2, 0) is 9.84 Å². The first kappa shape index (κ1) is 14.4. The van der Waals surface area contributed by atoms with Crippen molar-refractivity contribution in [2.75, 3.05) is 26.4 Å². The summed E-state index contributed by atoms with van der Waals surface area (Å²) in [6, 6.07) is -0.376. The van der Waals surface area contributed by atoms with Crippen LogP contribution in [0.25, 0.3) is 0 Å². The van der Waals surface area contributed by atoms with Gasteiger partial charge in [0.25, 0.3) is 0 Å². The highest BCUT2D eigenvalue weighted by atomic mass is 32.2. The second-order valence-electron chi connectivity index (χ2n) is 5.21. The van der Waals surface area contributed by atoms with E-state index in [-0.39, 0.29) is 17.7 Å². The summed E-state index contributed by atoms with van der Waals surface area (Å²) in [6.45, 7) is 0.580. The zero-order valence-electron chi connectivity index (χ0n) is 11.2. The molecule has 0 spiro atoms. The molecule has 0 radical (unpaired) electrons. The second kappa shape index (κ2) is 5.56. The van der Waals surface area contributed by atoms with Crippen LogP contribution in [-0.4, -0.2) is 49.9 Å². The van der Waals surface area contributed by atoms with Gasteiger partial charge in [-0.1, -0.05) is 11.6 Å². The van der Waals surface area contributed by atoms with E-state index in [2.05, 4.69) is 10.1 Å². The molecule has 2 heterocycles. The molecule has 0 bridgehead atoms. The van der Waals surface area contributed by atoms with Crippen molar-refractivity contribution in [3.05, 3.63) is 11.7 Å². The molecule has 1 aliphatic rings. The summed E-state index contributed by atoms with van der Waals surface area (Å²) >= 11 is 0. The average Bonchev–Trinajstić information content (AvgIpc) is 2.76. The minimum Gasteiger partial charge on any atom is -0.338 e. The molecule has 8 heteroatoms. The predicted octanol–water partition coefficient (Wildman–Crippen LogP) is 0.271. The molecule has 1 aliphatic heterocycles. The molecule has 1 aromatic rings. The lowest BCUT2D eigenvalue weighted by atomic mass is 10.2. The number of sulfone groups is 1. The lowest BCUT2D eigenvalue weighted by Gasteiger charge is -2.18. The molecule has 108 valence electrons. The highest BCUT2D eigenvalue weighted by Gasteiger charge is 2.35. The Morgan fingerprint density at radius 1 is 1.47 bits per heavy atom. The van der Waals surface area contributed by atoms with Crippen LogP contribution < -0.4 is 5.73 Å². The maximum absolute atomic E-state index is 12.0. The fourth-order valence-electron chi connectivity index (χ4n) is 2.24. The summed E-state index contributed by atoms with van der Waals surface area (Å²) in [5, 5.41) is 3.15. The van der Waals surface area contributed by atoms with Gasteiger partial charge in [0.15, 0.2) is 15.7 Å². The van der Waals surface area contributed by atoms with Crippen molar-refractivity contribution in [3.8, 4) is 0 Å². The van der Waals surface area contributed by atoms with E-state index in [1.165, 1.54) is 0 Å². The van der Waals surface area contributed by atoms with E-state index in [0.29, 0.717) is 25.2 Å². The summed E-state index contributed by atoms with van der Waals surface area (Å²) in [5.41, 5.74) is 5.93. The summed E-state index contributed by atoms with van der Waals surface area (Å²) in [7, 11) is 0.631. The Bertz CT molecular complexity index is 526. The lowest BCUT2D eigenvalue weighted by Crippen LogP contribution is -2.27. The summed E-state index contributed by atoms with van der Waals surface area (Å²) < 4.78 is 29.0. The Morgan fingerprint density at radius 2 is 2.21 bits per heavy atom. The van der Waals surface area contributed by atoms with Gasteiger partial charge in [0.1, 0.15) is 5.25 Å². The monoisotopic (exact) mass is 288 g/mol. The van der Waals surface area contributed by atoms with Gasteiger partial charge in [-0.05, 0) is 26.9 Å². The van der Waals surface area contributed by atoms with E-state index in [0.717, 1.165) is 6.42 Å². The molecule has 1 fully saturated rings. The van der Waals surface area contributed by atoms with Crippen LogP contribution in [0.1, 0.15) is 42.3 Å². The molecule has 2 unspecified atom stereocenters. The van der Waals surface area contributed by atoms with Gasteiger partial charge in [0.05, 0.1) is 11.8 Å². The predicted molar refractivity (Wildman–Crippen MR) is 70.2 cm³/mol. The van der Waals surface area contributed by atoms with Crippen molar-refractivity contribution in [3.63, 3.8) is 0 Å². The van der Waals surface area contributed by atoms with Gasteiger partial charge in [0, 0.05) is 6.54 Å². The van der Waals surface area contributed by atoms with Crippen LogP contribution >= 0.6 is 0 Å². The van der Waals surface area contributed by atoms with E-state index >= 15 is 0 Å². The fourth-order valence-corrected chi connectivity index (χ4v) is 4.06. The van der Waals surface area contributed by atoms with E-state index in [9.17, 15) is 8.42 Å². The van der Waals surface area contributed by atoms with Crippen molar-refractivity contribution in [2.24, 2.45) is 5.73 Å². The van der Waals surface area contributed by atoms with Gasteiger partial charge in [-0.2, -0.15) is 4.98 Å².